The third-order valence-corrected chi connectivity index (χ3v) is 4.47. The van der Waals surface area contributed by atoms with E-state index >= 15 is 0 Å². The Morgan fingerprint density at radius 1 is 1.30 bits per heavy atom. The molecule has 20 heavy (non-hydrogen) atoms. The summed E-state index contributed by atoms with van der Waals surface area (Å²) in [5, 5.41) is 0. The minimum absolute atomic E-state index is 0.0593. The number of rotatable bonds is 4. The largest absolute Gasteiger partial charge is 0.339 e. The van der Waals surface area contributed by atoms with Gasteiger partial charge < -0.3 is 9.80 Å². The van der Waals surface area contributed by atoms with Crippen LogP contribution in [0, 0.1) is 5.82 Å². The topological polar surface area (TPSA) is 23.6 Å². The fraction of sp³-hybridized carbons (Fsp3) is 0.533. The molecule has 0 aromatic heterocycles. The van der Waals surface area contributed by atoms with Gasteiger partial charge in [-0.25, -0.2) is 4.39 Å². The quantitative estimate of drug-likeness (QED) is 0.784. The second-order valence-corrected chi connectivity index (χ2v) is 6.13. The van der Waals surface area contributed by atoms with Crippen LogP contribution in [-0.2, 0) is 11.2 Å². The maximum absolute atomic E-state index is 13.6. The van der Waals surface area contributed by atoms with E-state index in [0.717, 1.165) is 32.7 Å². The number of hydrogen-bond donors (Lipinski definition) is 0. The normalized spacial score (nSPS) is 18.1. The van der Waals surface area contributed by atoms with E-state index in [9.17, 15) is 9.18 Å². The van der Waals surface area contributed by atoms with E-state index in [1.165, 1.54) is 6.07 Å². The number of likely N-dealkylation sites (N-methyl/N-ethyl adjacent to an activating group) is 1. The van der Waals surface area contributed by atoms with Crippen LogP contribution in [0.5, 0.6) is 0 Å². The Kier molecular flexibility index (Phi) is 5.54. The van der Waals surface area contributed by atoms with E-state index in [2.05, 4.69) is 27.8 Å². The molecular weight excluding hydrogens is 323 g/mol. The van der Waals surface area contributed by atoms with E-state index < -0.39 is 0 Å². The van der Waals surface area contributed by atoms with Crippen molar-refractivity contribution in [2.45, 2.75) is 18.2 Å². The van der Waals surface area contributed by atoms with Gasteiger partial charge in [-0.1, -0.05) is 41.1 Å². The molecule has 0 aliphatic carbocycles. The molecule has 2 rings (SSSR count). The van der Waals surface area contributed by atoms with E-state index in [-0.39, 0.29) is 16.6 Å². The molecule has 0 radical (unpaired) electrons. The number of benzene rings is 1. The summed E-state index contributed by atoms with van der Waals surface area (Å²) in [4.78, 5) is 16.2. The number of amides is 1. The molecule has 1 saturated heterocycles. The van der Waals surface area contributed by atoms with Gasteiger partial charge in [0.2, 0.25) is 5.91 Å². The molecule has 1 heterocycles. The van der Waals surface area contributed by atoms with Gasteiger partial charge in [-0.3, -0.25) is 4.79 Å². The van der Waals surface area contributed by atoms with Crippen LogP contribution >= 0.6 is 15.9 Å². The van der Waals surface area contributed by atoms with Gasteiger partial charge in [-0.15, -0.1) is 0 Å². The average Bonchev–Trinajstić information content (AvgIpc) is 2.49. The number of piperazine rings is 1. The molecule has 1 fully saturated rings. The zero-order chi connectivity index (χ0) is 14.5. The van der Waals surface area contributed by atoms with Gasteiger partial charge in [0.15, 0.2) is 0 Å². The SMILES string of the molecule is CCN1CCN(C(=O)C(Br)Cc2ccccc2F)CC1. The van der Waals surface area contributed by atoms with Gasteiger partial charge in [-0.2, -0.15) is 0 Å². The van der Waals surface area contributed by atoms with E-state index in [0.29, 0.717) is 12.0 Å². The van der Waals surface area contributed by atoms with E-state index in [1.807, 2.05) is 4.90 Å². The number of hydrogen-bond acceptors (Lipinski definition) is 2. The molecule has 1 aromatic rings. The Morgan fingerprint density at radius 3 is 2.55 bits per heavy atom. The Hall–Kier alpha value is -0.940. The van der Waals surface area contributed by atoms with Crippen molar-refractivity contribution < 1.29 is 9.18 Å². The fourth-order valence-electron chi connectivity index (χ4n) is 2.43. The van der Waals surface area contributed by atoms with Crippen LogP contribution in [0.25, 0.3) is 0 Å². The summed E-state index contributed by atoms with van der Waals surface area (Å²) in [5.41, 5.74) is 0.579. The van der Waals surface area contributed by atoms with Crippen molar-refractivity contribution in [3.05, 3.63) is 35.6 Å². The molecule has 1 atom stereocenters. The van der Waals surface area contributed by atoms with Gasteiger partial charge in [0.1, 0.15) is 5.82 Å². The number of nitrogens with zero attached hydrogens (tertiary/aromatic N) is 2. The minimum Gasteiger partial charge on any atom is -0.339 e. The Labute approximate surface area is 127 Å². The van der Waals surface area contributed by atoms with Gasteiger partial charge in [0.25, 0.3) is 0 Å². The highest BCUT2D eigenvalue weighted by molar-refractivity contribution is 9.10. The van der Waals surface area contributed by atoms with Crippen LogP contribution in [0.1, 0.15) is 12.5 Å². The first-order chi connectivity index (χ1) is 9.61. The third kappa shape index (κ3) is 3.79. The van der Waals surface area contributed by atoms with Crippen molar-refractivity contribution in [2.75, 3.05) is 32.7 Å². The van der Waals surface area contributed by atoms with Crippen molar-refractivity contribution in [1.29, 1.82) is 0 Å². The molecule has 0 spiro atoms. The first kappa shape index (κ1) is 15.4. The lowest BCUT2D eigenvalue weighted by Gasteiger charge is -2.35. The van der Waals surface area contributed by atoms with E-state index in [4.69, 9.17) is 0 Å². The Morgan fingerprint density at radius 2 is 1.95 bits per heavy atom. The molecule has 0 bridgehead atoms. The zero-order valence-corrected chi connectivity index (χ0v) is 13.3. The molecule has 1 aromatic carbocycles. The van der Waals surface area contributed by atoms with Crippen molar-refractivity contribution in [3.8, 4) is 0 Å². The predicted octanol–water partition coefficient (Wildman–Crippen LogP) is 2.30. The lowest BCUT2D eigenvalue weighted by atomic mass is 10.1. The number of carbonyl (C=O) groups excluding carboxylic acids is 1. The lowest BCUT2D eigenvalue weighted by Crippen LogP contribution is -2.50. The van der Waals surface area contributed by atoms with Crippen molar-refractivity contribution in [1.82, 2.24) is 9.80 Å². The molecule has 0 saturated carbocycles. The number of alkyl halides is 1. The summed E-state index contributed by atoms with van der Waals surface area (Å²) in [7, 11) is 0. The van der Waals surface area contributed by atoms with Gasteiger partial charge in [0, 0.05) is 26.2 Å². The molecule has 1 unspecified atom stereocenters. The van der Waals surface area contributed by atoms with Crippen LogP contribution in [-0.4, -0.2) is 53.3 Å². The summed E-state index contributed by atoms with van der Waals surface area (Å²) in [6, 6.07) is 6.61. The second-order valence-electron chi connectivity index (χ2n) is 5.02. The molecule has 1 amide bonds. The smallest absolute Gasteiger partial charge is 0.236 e. The number of carbonyl (C=O) groups is 1. The maximum atomic E-state index is 13.6. The molecule has 1 aliphatic rings. The van der Waals surface area contributed by atoms with Crippen molar-refractivity contribution >= 4 is 21.8 Å². The summed E-state index contributed by atoms with van der Waals surface area (Å²) in [5.74, 6) is -0.190. The predicted molar refractivity (Wildman–Crippen MR) is 81.5 cm³/mol. The minimum atomic E-state index is -0.354. The first-order valence-corrected chi connectivity index (χ1v) is 7.92. The number of halogens is 2. The van der Waals surface area contributed by atoms with Crippen LogP contribution in [0.3, 0.4) is 0 Å². The van der Waals surface area contributed by atoms with E-state index in [1.54, 1.807) is 18.2 Å². The first-order valence-electron chi connectivity index (χ1n) is 7.00. The maximum Gasteiger partial charge on any atom is 0.236 e. The summed E-state index contributed by atoms with van der Waals surface area (Å²) in [6.07, 6.45) is 0.388. The third-order valence-electron chi connectivity index (χ3n) is 3.76. The Bertz CT molecular complexity index is 461. The van der Waals surface area contributed by atoms with Gasteiger partial charge in [0.05, 0.1) is 4.83 Å². The summed E-state index contributed by atoms with van der Waals surface area (Å²) >= 11 is 3.41. The summed E-state index contributed by atoms with van der Waals surface area (Å²) < 4.78 is 13.6. The highest BCUT2D eigenvalue weighted by Gasteiger charge is 2.26. The lowest BCUT2D eigenvalue weighted by molar-refractivity contribution is -0.132. The van der Waals surface area contributed by atoms with Crippen LogP contribution in [0.15, 0.2) is 24.3 Å². The zero-order valence-electron chi connectivity index (χ0n) is 11.7. The Balaban J connectivity index is 1.91. The summed E-state index contributed by atoms with van der Waals surface area (Å²) in [6.45, 7) is 6.50. The van der Waals surface area contributed by atoms with Gasteiger partial charge in [-0.05, 0) is 24.6 Å². The molecule has 3 nitrogen and oxygen atoms in total. The molecule has 110 valence electrons. The van der Waals surface area contributed by atoms with Crippen LogP contribution in [0.4, 0.5) is 4.39 Å². The molecule has 0 N–H and O–H groups in total. The van der Waals surface area contributed by atoms with Gasteiger partial charge >= 0.3 is 0 Å². The average molecular weight is 343 g/mol. The standard InChI is InChI=1S/C15H20BrFN2O/c1-2-18-7-9-19(10-8-18)15(20)13(16)11-12-5-3-4-6-14(12)17/h3-6,13H,2,7-11H2,1H3. The monoisotopic (exact) mass is 342 g/mol. The van der Waals surface area contributed by atoms with Crippen molar-refractivity contribution in [2.24, 2.45) is 0 Å². The molecule has 5 heteroatoms. The molecule has 1 aliphatic heterocycles. The second kappa shape index (κ2) is 7.18. The van der Waals surface area contributed by atoms with Crippen molar-refractivity contribution in [3.63, 3.8) is 0 Å². The highest BCUT2D eigenvalue weighted by atomic mass is 79.9. The van der Waals surface area contributed by atoms with Crippen LogP contribution < -0.4 is 0 Å². The van der Waals surface area contributed by atoms with Crippen LogP contribution in [0.2, 0.25) is 0 Å². The highest BCUT2D eigenvalue weighted by Crippen LogP contribution is 2.16. The fourth-order valence-corrected chi connectivity index (χ4v) is 3.07. The molecular formula is C15H20BrFN2O.